The Morgan fingerprint density at radius 1 is 1.29 bits per heavy atom. The van der Waals surface area contributed by atoms with Gasteiger partial charge in [-0.25, -0.2) is 0 Å². The van der Waals surface area contributed by atoms with Crippen LogP contribution in [-0.2, 0) is 11.2 Å². The van der Waals surface area contributed by atoms with E-state index in [-0.39, 0.29) is 5.57 Å². The molecule has 0 aromatic heterocycles. The average Bonchev–Trinajstić information content (AvgIpc) is 2.61. The van der Waals surface area contributed by atoms with Gasteiger partial charge in [0.05, 0.1) is 14.2 Å². The Labute approximate surface area is 147 Å². The number of hydrogen-bond donors (Lipinski definition) is 2. The number of benzene rings is 1. The summed E-state index contributed by atoms with van der Waals surface area (Å²) < 4.78 is 10.4. The Bertz CT molecular complexity index is 612. The molecule has 6 nitrogen and oxygen atoms in total. The molecule has 0 aliphatic heterocycles. The number of nitrogens with zero attached hydrogens (tertiary/aromatic N) is 1. The SMILES string of the molecule is COc1ccc(CCNC(=O)/C(C#N)=C\NCCCCl)cc1OC. The lowest BCUT2D eigenvalue weighted by Gasteiger charge is -2.10. The minimum atomic E-state index is -0.406. The van der Waals surface area contributed by atoms with Crippen molar-refractivity contribution in [3.05, 3.63) is 35.5 Å². The van der Waals surface area contributed by atoms with Gasteiger partial charge >= 0.3 is 0 Å². The van der Waals surface area contributed by atoms with Crippen LogP contribution in [0, 0.1) is 11.3 Å². The van der Waals surface area contributed by atoms with E-state index in [1.807, 2.05) is 24.3 Å². The van der Waals surface area contributed by atoms with Crippen LogP contribution in [0.25, 0.3) is 0 Å². The summed E-state index contributed by atoms with van der Waals surface area (Å²) >= 11 is 5.56. The number of nitriles is 1. The number of nitrogens with one attached hydrogen (secondary N) is 2. The highest BCUT2D eigenvalue weighted by molar-refractivity contribution is 6.17. The highest BCUT2D eigenvalue weighted by Crippen LogP contribution is 2.27. The molecule has 0 aliphatic rings. The van der Waals surface area contributed by atoms with E-state index in [0.717, 1.165) is 12.0 Å². The fourth-order valence-corrected chi connectivity index (χ4v) is 2.08. The fourth-order valence-electron chi connectivity index (χ4n) is 1.94. The molecular weight excluding hydrogens is 330 g/mol. The maximum absolute atomic E-state index is 11.9. The normalized spacial score (nSPS) is 10.7. The average molecular weight is 352 g/mol. The minimum absolute atomic E-state index is 0.0388. The number of carbonyl (C=O) groups excluding carboxylic acids is 1. The van der Waals surface area contributed by atoms with E-state index >= 15 is 0 Å². The number of methoxy groups -OCH3 is 2. The fraction of sp³-hybridized carbons (Fsp3) is 0.412. The molecule has 1 amide bonds. The van der Waals surface area contributed by atoms with Crippen molar-refractivity contribution in [2.75, 3.05) is 33.2 Å². The summed E-state index contributed by atoms with van der Waals surface area (Å²) in [6.07, 6.45) is 2.79. The highest BCUT2D eigenvalue weighted by Gasteiger charge is 2.09. The number of ether oxygens (including phenoxy) is 2. The van der Waals surface area contributed by atoms with Crippen LogP contribution < -0.4 is 20.1 Å². The summed E-state index contributed by atoms with van der Waals surface area (Å²) in [6.45, 7) is 1.03. The van der Waals surface area contributed by atoms with Crippen molar-refractivity contribution in [2.45, 2.75) is 12.8 Å². The lowest BCUT2D eigenvalue weighted by atomic mass is 10.1. The van der Waals surface area contributed by atoms with Crippen LogP contribution in [0.5, 0.6) is 11.5 Å². The van der Waals surface area contributed by atoms with Gasteiger partial charge in [0.15, 0.2) is 11.5 Å². The van der Waals surface area contributed by atoms with Gasteiger partial charge in [0, 0.05) is 25.2 Å². The van der Waals surface area contributed by atoms with Gasteiger partial charge < -0.3 is 20.1 Å². The topological polar surface area (TPSA) is 83.4 Å². The molecule has 0 aliphatic carbocycles. The number of amides is 1. The Morgan fingerprint density at radius 3 is 2.67 bits per heavy atom. The third-order valence-corrected chi connectivity index (χ3v) is 3.48. The van der Waals surface area contributed by atoms with Crippen LogP contribution in [0.15, 0.2) is 30.0 Å². The van der Waals surface area contributed by atoms with Crippen molar-refractivity contribution in [3.8, 4) is 17.6 Å². The summed E-state index contributed by atoms with van der Waals surface area (Å²) in [4.78, 5) is 11.9. The van der Waals surface area contributed by atoms with E-state index in [9.17, 15) is 4.79 Å². The smallest absolute Gasteiger partial charge is 0.263 e. The molecule has 1 aromatic rings. The van der Waals surface area contributed by atoms with Gasteiger partial charge in [-0.1, -0.05) is 6.07 Å². The zero-order chi connectivity index (χ0) is 17.8. The number of hydrogen-bond acceptors (Lipinski definition) is 5. The minimum Gasteiger partial charge on any atom is -0.493 e. The quantitative estimate of drug-likeness (QED) is 0.291. The molecule has 130 valence electrons. The van der Waals surface area contributed by atoms with Crippen molar-refractivity contribution in [3.63, 3.8) is 0 Å². The van der Waals surface area contributed by atoms with Gasteiger partial charge in [0.2, 0.25) is 0 Å². The lowest BCUT2D eigenvalue weighted by molar-refractivity contribution is -0.117. The second-order valence-corrected chi connectivity index (χ2v) is 5.24. The van der Waals surface area contributed by atoms with Gasteiger partial charge in [-0.3, -0.25) is 4.79 Å². The Balaban J connectivity index is 2.51. The van der Waals surface area contributed by atoms with Crippen LogP contribution in [-0.4, -0.2) is 39.1 Å². The molecule has 7 heteroatoms. The van der Waals surface area contributed by atoms with Crippen molar-refractivity contribution in [1.29, 1.82) is 5.26 Å². The summed E-state index contributed by atoms with van der Waals surface area (Å²) in [5.74, 6) is 1.42. The van der Waals surface area contributed by atoms with Gasteiger partial charge in [-0.05, 0) is 30.5 Å². The van der Waals surface area contributed by atoms with Crippen molar-refractivity contribution in [2.24, 2.45) is 0 Å². The molecule has 0 bridgehead atoms. The molecule has 0 radical (unpaired) electrons. The largest absolute Gasteiger partial charge is 0.493 e. The summed E-state index contributed by atoms with van der Waals surface area (Å²) in [5, 5.41) is 14.6. The first-order chi connectivity index (χ1) is 11.7. The molecule has 1 aromatic carbocycles. The zero-order valence-electron chi connectivity index (χ0n) is 13.9. The van der Waals surface area contributed by atoms with E-state index in [1.165, 1.54) is 6.20 Å². The van der Waals surface area contributed by atoms with Crippen LogP contribution in [0.4, 0.5) is 0 Å². The van der Waals surface area contributed by atoms with Gasteiger partial charge in [0.25, 0.3) is 5.91 Å². The van der Waals surface area contributed by atoms with Crippen molar-refractivity contribution >= 4 is 17.5 Å². The first-order valence-corrected chi connectivity index (χ1v) is 8.08. The monoisotopic (exact) mass is 351 g/mol. The predicted molar refractivity (Wildman–Crippen MR) is 93.3 cm³/mol. The Morgan fingerprint density at radius 2 is 2.04 bits per heavy atom. The zero-order valence-corrected chi connectivity index (χ0v) is 14.7. The highest BCUT2D eigenvalue weighted by atomic mass is 35.5. The number of carbonyl (C=O) groups is 1. The molecule has 0 unspecified atom stereocenters. The Hall–Kier alpha value is -2.39. The molecule has 1 rings (SSSR count). The first kappa shape index (κ1) is 19.7. The maximum atomic E-state index is 11.9. The summed E-state index contributed by atoms with van der Waals surface area (Å²) in [7, 11) is 3.15. The molecular formula is C17H22ClN3O3. The molecule has 2 N–H and O–H groups in total. The molecule has 24 heavy (non-hydrogen) atoms. The summed E-state index contributed by atoms with van der Waals surface area (Å²) in [6, 6.07) is 7.46. The molecule has 0 saturated carbocycles. The molecule has 0 atom stereocenters. The maximum Gasteiger partial charge on any atom is 0.263 e. The predicted octanol–water partition coefficient (Wildman–Crippen LogP) is 1.99. The van der Waals surface area contributed by atoms with Crippen LogP contribution in [0.1, 0.15) is 12.0 Å². The number of halogens is 1. The summed E-state index contributed by atoms with van der Waals surface area (Å²) in [5.41, 5.74) is 1.03. The third kappa shape index (κ3) is 6.39. The second-order valence-electron chi connectivity index (χ2n) is 4.86. The molecule has 0 fully saturated rings. The van der Waals surface area contributed by atoms with Crippen LogP contribution in [0.3, 0.4) is 0 Å². The second kappa shape index (κ2) is 11.2. The standard InChI is InChI=1S/C17H22ClN3O3/c1-23-15-5-4-13(10-16(15)24-2)6-9-21-17(22)14(11-19)12-20-8-3-7-18/h4-5,10,12,20H,3,6-9H2,1-2H3,(H,21,22)/b14-12-. The van der Waals surface area contributed by atoms with Gasteiger partial charge in [-0.2, -0.15) is 5.26 Å². The van der Waals surface area contributed by atoms with E-state index in [4.69, 9.17) is 26.3 Å². The van der Waals surface area contributed by atoms with Crippen LogP contribution in [0.2, 0.25) is 0 Å². The van der Waals surface area contributed by atoms with E-state index in [2.05, 4.69) is 10.6 Å². The van der Waals surface area contributed by atoms with E-state index < -0.39 is 5.91 Å². The number of rotatable bonds is 10. The lowest BCUT2D eigenvalue weighted by Crippen LogP contribution is -2.27. The van der Waals surface area contributed by atoms with Gasteiger partial charge in [-0.15, -0.1) is 11.6 Å². The van der Waals surface area contributed by atoms with E-state index in [1.54, 1.807) is 14.2 Å². The van der Waals surface area contributed by atoms with Crippen molar-refractivity contribution in [1.82, 2.24) is 10.6 Å². The van der Waals surface area contributed by atoms with Gasteiger partial charge in [0.1, 0.15) is 11.6 Å². The molecule has 0 spiro atoms. The Kier molecular flexibility index (Phi) is 9.17. The third-order valence-electron chi connectivity index (χ3n) is 3.21. The van der Waals surface area contributed by atoms with E-state index in [0.29, 0.717) is 36.9 Å². The molecule has 0 saturated heterocycles. The molecule has 0 heterocycles. The van der Waals surface area contributed by atoms with Crippen LogP contribution >= 0.6 is 11.6 Å². The van der Waals surface area contributed by atoms with Crippen molar-refractivity contribution < 1.29 is 14.3 Å². The first-order valence-electron chi connectivity index (χ1n) is 7.55. The number of alkyl halides is 1.